The highest BCUT2D eigenvalue weighted by Crippen LogP contribution is 2.00. The molecule has 5 nitrogen and oxygen atoms in total. The molecule has 0 atom stereocenters. The van der Waals surface area contributed by atoms with Gasteiger partial charge in [-0.25, -0.2) is 9.50 Å². The molecule has 0 amide bonds. The number of aryl methyl sites for hydroxylation is 1. The molecule has 2 aromatic rings. The van der Waals surface area contributed by atoms with E-state index in [4.69, 9.17) is 5.73 Å². The molecule has 2 heterocycles. The van der Waals surface area contributed by atoms with Crippen LogP contribution in [0.1, 0.15) is 11.4 Å². The quantitative estimate of drug-likeness (QED) is 0.697. The van der Waals surface area contributed by atoms with Crippen LogP contribution in [-0.2, 0) is 6.42 Å². The van der Waals surface area contributed by atoms with Gasteiger partial charge in [-0.1, -0.05) is 0 Å². The first kappa shape index (κ1) is 8.12. The molecular formula is C8H11N5. The Kier molecular flexibility index (Phi) is 1.94. The smallest absolute Gasteiger partial charge is 0.252 e. The van der Waals surface area contributed by atoms with Crippen molar-refractivity contribution in [1.82, 2.24) is 19.6 Å². The van der Waals surface area contributed by atoms with Crippen LogP contribution in [0.15, 0.2) is 12.4 Å². The maximum absolute atomic E-state index is 5.40. The van der Waals surface area contributed by atoms with E-state index in [0.29, 0.717) is 18.7 Å². The largest absolute Gasteiger partial charge is 0.330 e. The highest BCUT2D eigenvalue weighted by Gasteiger charge is 2.02. The minimum Gasteiger partial charge on any atom is -0.330 e. The van der Waals surface area contributed by atoms with Crippen LogP contribution < -0.4 is 5.73 Å². The van der Waals surface area contributed by atoms with Gasteiger partial charge in [0.2, 0.25) is 0 Å². The average molecular weight is 177 g/mol. The molecule has 0 radical (unpaired) electrons. The third kappa shape index (κ3) is 1.50. The fourth-order valence-corrected chi connectivity index (χ4v) is 1.15. The summed E-state index contributed by atoms with van der Waals surface area (Å²) in [5.74, 6) is 1.38. The number of nitrogens with zero attached hydrogens (tertiary/aromatic N) is 4. The van der Waals surface area contributed by atoms with Gasteiger partial charge in [0.15, 0.2) is 5.82 Å². The van der Waals surface area contributed by atoms with Gasteiger partial charge in [0, 0.05) is 18.8 Å². The zero-order valence-electron chi connectivity index (χ0n) is 7.44. The molecule has 2 rings (SSSR count). The highest BCUT2D eigenvalue weighted by atomic mass is 15.3. The summed E-state index contributed by atoms with van der Waals surface area (Å²) in [6.07, 6.45) is 4.37. The first-order chi connectivity index (χ1) is 6.29. The molecule has 0 fully saturated rings. The third-order valence-corrected chi connectivity index (χ3v) is 1.73. The number of nitrogens with two attached hydrogens (primary N) is 1. The van der Waals surface area contributed by atoms with Crippen molar-refractivity contribution in [3.8, 4) is 0 Å². The molecule has 0 aliphatic carbocycles. The molecular weight excluding hydrogens is 166 g/mol. The van der Waals surface area contributed by atoms with Gasteiger partial charge in [0.25, 0.3) is 5.78 Å². The van der Waals surface area contributed by atoms with E-state index in [2.05, 4.69) is 15.1 Å². The second kappa shape index (κ2) is 3.10. The summed E-state index contributed by atoms with van der Waals surface area (Å²) in [7, 11) is 0. The molecule has 2 N–H and O–H groups in total. The number of hydrogen-bond acceptors (Lipinski definition) is 4. The maximum Gasteiger partial charge on any atom is 0.252 e. The maximum atomic E-state index is 5.40. The highest BCUT2D eigenvalue weighted by molar-refractivity contribution is 5.27. The van der Waals surface area contributed by atoms with Crippen molar-refractivity contribution in [3.05, 3.63) is 23.8 Å². The van der Waals surface area contributed by atoms with Gasteiger partial charge in [-0.05, 0) is 19.0 Å². The second-order valence-corrected chi connectivity index (χ2v) is 2.94. The van der Waals surface area contributed by atoms with Gasteiger partial charge in [-0.15, -0.1) is 5.10 Å². The molecule has 0 aromatic carbocycles. The normalized spacial score (nSPS) is 10.9. The van der Waals surface area contributed by atoms with Gasteiger partial charge >= 0.3 is 0 Å². The lowest BCUT2D eigenvalue weighted by Crippen LogP contribution is -2.04. The zero-order valence-corrected chi connectivity index (χ0v) is 7.44. The van der Waals surface area contributed by atoms with Crippen molar-refractivity contribution in [2.45, 2.75) is 13.3 Å². The van der Waals surface area contributed by atoms with Gasteiger partial charge in [0.1, 0.15) is 0 Å². The van der Waals surface area contributed by atoms with Crippen molar-refractivity contribution >= 4 is 5.78 Å². The van der Waals surface area contributed by atoms with Crippen LogP contribution in [0.5, 0.6) is 0 Å². The Hall–Kier alpha value is -1.49. The summed E-state index contributed by atoms with van der Waals surface area (Å²) in [6, 6.07) is 0. The van der Waals surface area contributed by atoms with Crippen LogP contribution in [0.2, 0.25) is 0 Å². The Morgan fingerprint density at radius 3 is 3.15 bits per heavy atom. The van der Waals surface area contributed by atoms with E-state index in [9.17, 15) is 0 Å². The minimum atomic E-state index is 0.565. The van der Waals surface area contributed by atoms with E-state index in [1.807, 2.05) is 13.1 Å². The molecule has 0 aliphatic rings. The van der Waals surface area contributed by atoms with Crippen molar-refractivity contribution in [2.75, 3.05) is 6.54 Å². The van der Waals surface area contributed by atoms with Crippen molar-refractivity contribution in [2.24, 2.45) is 5.73 Å². The van der Waals surface area contributed by atoms with Crippen molar-refractivity contribution in [1.29, 1.82) is 0 Å². The standard InChI is InChI=1S/C8H11N5/c1-6-4-10-8-11-7(2-3-9)12-13(8)5-6/h4-5H,2-3,9H2,1H3. The van der Waals surface area contributed by atoms with Crippen molar-refractivity contribution in [3.63, 3.8) is 0 Å². The Balaban J connectivity index is 2.49. The lowest BCUT2D eigenvalue weighted by atomic mass is 10.4. The summed E-state index contributed by atoms with van der Waals surface area (Å²) < 4.78 is 1.68. The molecule has 68 valence electrons. The van der Waals surface area contributed by atoms with Crippen LogP contribution in [0.4, 0.5) is 0 Å². The minimum absolute atomic E-state index is 0.565. The van der Waals surface area contributed by atoms with E-state index >= 15 is 0 Å². The molecule has 0 aliphatic heterocycles. The van der Waals surface area contributed by atoms with Gasteiger partial charge in [-0.2, -0.15) is 4.98 Å². The predicted octanol–water partition coefficient (Wildman–Crippen LogP) is -0.0661. The van der Waals surface area contributed by atoms with Crippen LogP contribution in [0.25, 0.3) is 5.78 Å². The van der Waals surface area contributed by atoms with E-state index < -0.39 is 0 Å². The van der Waals surface area contributed by atoms with E-state index in [1.165, 1.54) is 0 Å². The number of fused-ring (bicyclic) bond motifs is 1. The van der Waals surface area contributed by atoms with E-state index in [1.54, 1.807) is 10.7 Å². The topological polar surface area (TPSA) is 69.1 Å². The van der Waals surface area contributed by atoms with E-state index in [-0.39, 0.29) is 0 Å². The third-order valence-electron chi connectivity index (χ3n) is 1.73. The Morgan fingerprint density at radius 1 is 1.54 bits per heavy atom. The zero-order chi connectivity index (χ0) is 9.26. The second-order valence-electron chi connectivity index (χ2n) is 2.94. The molecule has 2 aromatic heterocycles. The Morgan fingerprint density at radius 2 is 2.38 bits per heavy atom. The predicted molar refractivity (Wildman–Crippen MR) is 48.3 cm³/mol. The van der Waals surface area contributed by atoms with Crippen LogP contribution in [0, 0.1) is 6.92 Å². The fourth-order valence-electron chi connectivity index (χ4n) is 1.15. The lowest BCUT2D eigenvalue weighted by Gasteiger charge is -1.90. The van der Waals surface area contributed by atoms with Gasteiger partial charge < -0.3 is 5.73 Å². The summed E-state index contributed by atoms with van der Waals surface area (Å²) in [4.78, 5) is 8.34. The summed E-state index contributed by atoms with van der Waals surface area (Å²) >= 11 is 0. The molecule has 0 unspecified atom stereocenters. The molecule has 0 spiro atoms. The lowest BCUT2D eigenvalue weighted by molar-refractivity contribution is 0.839. The molecule has 13 heavy (non-hydrogen) atoms. The number of hydrogen-bond donors (Lipinski definition) is 1. The summed E-state index contributed by atoms with van der Waals surface area (Å²) in [5, 5.41) is 4.23. The molecule has 0 bridgehead atoms. The molecule has 5 heteroatoms. The Bertz CT molecular complexity index is 419. The summed E-state index contributed by atoms with van der Waals surface area (Å²) in [5.41, 5.74) is 6.47. The van der Waals surface area contributed by atoms with Crippen LogP contribution in [0.3, 0.4) is 0 Å². The monoisotopic (exact) mass is 177 g/mol. The molecule has 0 saturated carbocycles. The summed E-state index contributed by atoms with van der Waals surface area (Å²) in [6.45, 7) is 2.53. The first-order valence-electron chi connectivity index (χ1n) is 4.17. The number of aromatic nitrogens is 4. The van der Waals surface area contributed by atoms with Gasteiger partial charge in [-0.3, -0.25) is 0 Å². The first-order valence-corrected chi connectivity index (χ1v) is 4.17. The van der Waals surface area contributed by atoms with E-state index in [0.717, 1.165) is 11.4 Å². The number of rotatable bonds is 2. The molecule has 0 saturated heterocycles. The Labute approximate surface area is 75.6 Å². The SMILES string of the molecule is Cc1cnc2nc(CCN)nn2c1. The average Bonchev–Trinajstić information content (AvgIpc) is 2.46. The van der Waals surface area contributed by atoms with Crippen LogP contribution >= 0.6 is 0 Å². The van der Waals surface area contributed by atoms with Crippen molar-refractivity contribution < 1.29 is 0 Å². The van der Waals surface area contributed by atoms with Gasteiger partial charge in [0.05, 0.1) is 0 Å². The van der Waals surface area contributed by atoms with Crippen LogP contribution in [-0.4, -0.2) is 26.1 Å². The fraction of sp³-hybridized carbons (Fsp3) is 0.375.